The van der Waals surface area contributed by atoms with Gasteiger partial charge in [0.1, 0.15) is 0 Å². The molecule has 0 aromatic heterocycles. The van der Waals surface area contributed by atoms with E-state index in [1.54, 1.807) is 0 Å². The van der Waals surface area contributed by atoms with E-state index in [0.29, 0.717) is 6.04 Å². The van der Waals surface area contributed by atoms with Crippen molar-refractivity contribution in [3.63, 3.8) is 0 Å². The average Bonchev–Trinajstić information content (AvgIpc) is 2.53. The van der Waals surface area contributed by atoms with Gasteiger partial charge in [-0.1, -0.05) is 46.8 Å². The van der Waals surface area contributed by atoms with Gasteiger partial charge in [0.15, 0.2) is 0 Å². The van der Waals surface area contributed by atoms with Gasteiger partial charge in [-0.2, -0.15) is 0 Å². The smallest absolute Gasteiger partial charge is 0.0410 e. The van der Waals surface area contributed by atoms with Crippen molar-refractivity contribution in [2.24, 2.45) is 5.92 Å². The Labute approximate surface area is 141 Å². The van der Waals surface area contributed by atoms with Crippen molar-refractivity contribution in [1.29, 1.82) is 0 Å². The molecule has 1 aromatic rings. The SMILES string of the molecule is Clc1ccc(Br)c([C@H](C2CCCCC2)N2CCNCC2)c1. The van der Waals surface area contributed by atoms with E-state index >= 15 is 0 Å². The lowest BCUT2D eigenvalue weighted by Gasteiger charge is -2.41. The zero-order valence-corrected chi connectivity index (χ0v) is 14.8. The lowest BCUT2D eigenvalue weighted by atomic mass is 9.80. The highest BCUT2D eigenvalue weighted by molar-refractivity contribution is 9.10. The maximum atomic E-state index is 6.29. The van der Waals surface area contributed by atoms with E-state index in [1.165, 1.54) is 42.1 Å². The van der Waals surface area contributed by atoms with Crippen molar-refractivity contribution in [1.82, 2.24) is 10.2 Å². The van der Waals surface area contributed by atoms with Crippen molar-refractivity contribution < 1.29 is 0 Å². The van der Waals surface area contributed by atoms with Gasteiger partial charge >= 0.3 is 0 Å². The zero-order valence-electron chi connectivity index (χ0n) is 12.5. The van der Waals surface area contributed by atoms with Gasteiger partial charge in [-0.05, 0) is 42.5 Å². The molecular formula is C17H24BrClN2. The average molecular weight is 372 g/mol. The fourth-order valence-electron chi connectivity index (χ4n) is 3.90. The number of rotatable bonds is 3. The van der Waals surface area contributed by atoms with Crippen molar-refractivity contribution in [2.45, 2.75) is 38.1 Å². The Morgan fingerprint density at radius 1 is 1.14 bits per heavy atom. The third-order valence-corrected chi connectivity index (χ3v) is 5.88. The number of halogens is 2. The second kappa shape index (κ2) is 7.45. The van der Waals surface area contributed by atoms with Crippen LogP contribution in [0.5, 0.6) is 0 Å². The maximum absolute atomic E-state index is 6.29. The summed E-state index contributed by atoms with van der Waals surface area (Å²) in [5.74, 6) is 0.770. The van der Waals surface area contributed by atoms with E-state index in [1.807, 2.05) is 6.07 Å². The van der Waals surface area contributed by atoms with E-state index in [9.17, 15) is 0 Å². The molecule has 1 saturated heterocycles. The second-order valence-corrected chi connectivity index (χ2v) is 7.59. The molecule has 0 unspecified atom stereocenters. The van der Waals surface area contributed by atoms with Crippen molar-refractivity contribution >= 4 is 27.5 Å². The third-order valence-electron chi connectivity index (χ3n) is 4.92. The molecule has 0 spiro atoms. The first-order valence-electron chi connectivity index (χ1n) is 8.15. The molecule has 0 amide bonds. The van der Waals surface area contributed by atoms with E-state index in [0.717, 1.165) is 37.1 Å². The Morgan fingerprint density at radius 3 is 2.57 bits per heavy atom. The largest absolute Gasteiger partial charge is 0.314 e. The summed E-state index contributed by atoms with van der Waals surface area (Å²) < 4.78 is 1.21. The van der Waals surface area contributed by atoms with Gasteiger partial charge in [0.05, 0.1) is 0 Å². The van der Waals surface area contributed by atoms with Crippen LogP contribution in [0.15, 0.2) is 22.7 Å². The normalized spacial score (nSPS) is 23.1. The topological polar surface area (TPSA) is 15.3 Å². The molecule has 1 saturated carbocycles. The van der Waals surface area contributed by atoms with Crippen LogP contribution >= 0.6 is 27.5 Å². The van der Waals surface area contributed by atoms with E-state index in [-0.39, 0.29) is 0 Å². The number of nitrogens with one attached hydrogen (secondary N) is 1. The molecule has 3 rings (SSSR count). The molecule has 4 heteroatoms. The van der Waals surface area contributed by atoms with Crippen LogP contribution in [0.25, 0.3) is 0 Å². The summed E-state index contributed by atoms with van der Waals surface area (Å²) in [6.07, 6.45) is 6.87. The Kier molecular flexibility index (Phi) is 5.60. The van der Waals surface area contributed by atoms with Crippen LogP contribution in [0.2, 0.25) is 5.02 Å². The molecule has 1 atom stereocenters. The molecule has 116 valence electrons. The van der Waals surface area contributed by atoms with Gasteiger partial charge < -0.3 is 5.32 Å². The predicted molar refractivity (Wildman–Crippen MR) is 92.9 cm³/mol. The van der Waals surface area contributed by atoms with Crippen LogP contribution in [0.3, 0.4) is 0 Å². The maximum Gasteiger partial charge on any atom is 0.0410 e. The van der Waals surface area contributed by atoms with Gasteiger partial charge in [0.2, 0.25) is 0 Å². The van der Waals surface area contributed by atoms with Gasteiger partial charge in [0.25, 0.3) is 0 Å². The number of piperazine rings is 1. The minimum Gasteiger partial charge on any atom is -0.314 e. The molecule has 2 nitrogen and oxygen atoms in total. The molecule has 1 aliphatic heterocycles. The number of hydrogen-bond acceptors (Lipinski definition) is 2. The van der Waals surface area contributed by atoms with Gasteiger partial charge in [-0.15, -0.1) is 0 Å². The number of benzene rings is 1. The summed E-state index contributed by atoms with van der Waals surface area (Å²) in [6, 6.07) is 6.77. The highest BCUT2D eigenvalue weighted by atomic mass is 79.9. The monoisotopic (exact) mass is 370 g/mol. The Hall–Kier alpha value is -0.0900. The van der Waals surface area contributed by atoms with Crippen molar-refractivity contribution in [3.05, 3.63) is 33.3 Å². The Bertz CT molecular complexity index is 450. The molecule has 2 aliphatic rings. The molecule has 1 aromatic carbocycles. The van der Waals surface area contributed by atoms with Crippen LogP contribution in [0, 0.1) is 5.92 Å². The summed E-state index contributed by atoms with van der Waals surface area (Å²) in [6.45, 7) is 4.48. The van der Waals surface area contributed by atoms with E-state index in [4.69, 9.17) is 11.6 Å². The zero-order chi connectivity index (χ0) is 14.7. The van der Waals surface area contributed by atoms with E-state index in [2.05, 4.69) is 38.3 Å². The summed E-state index contributed by atoms with van der Waals surface area (Å²) in [7, 11) is 0. The van der Waals surface area contributed by atoms with Crippen LogP contribution in [0.4, 0.5) is 0 Å². The highest BCUT2D eigenvalue weighted by Gasteiger charge is 2.32. The molecular weight excluding hydrogens is 348 g/mol. The fourth-order valence-corrected chi connectivity index (χ4v) is 4.56. The van der Waals surface area contributed by atoms with Gasteiger partial charge in [-0.25, -0.2) is 0 Å². The third kappa shape index (κ3) is 3.82. The van der Waals surface area contributed by atoms with Crippen molar-refractivity contribution in [3.8, 4) is 0 Å². The molecule has 0 radical (unpaired) electrons. The van der Waals surface area contributed by atoms with Gasteiger partial charge in [0, 0.05) is 41.7 Å². The fraction of sp³-hybridized carbons (Fsp3) is 0.647. The molecule has 2 fully saturated rings. The molecule has 1 heterocycles. The standard InChI is InChI=1S/C17H24BrClN2/c18-16-7-6-14(19)12-15(16)17(13-4-2-1-3-5-13)21-10-8-20-9-11-21/h6-7,12-13,17,20H,1-5,8-11H2/t17-/m0/s1. The summed E-state index contributed by atoms with van der Waals surface area (Å²) in [4.78, 5) is 2.67. The minimum atomic E-state index is 0.514. The van der Waals surface area contributed by atoms with Crippen LogP contribution in [-0.2, 0) is 0 Å². The van der Waals surface area contributed by atoms with Gasteiger partial charge in [-0.3, -0.25) is 4.90 Å². The first kappa shape index (κ1) is 15.8. The second-order valence-electron chi connectivity index (χ2n) is 6.29. The summed E-state index contributed by atoms with van der Waals surface area (Å²) in [5.41, 5.74) is 1.39. The van der Waals surface area contributed by atoms with E-state index < -0.39 is 0 Å². The quantitative estimate of drug-likeness (QED) is 0.833. The van der Waals surface area contributed by atoms with Crippen LogP contribution < -0.4 is 5.32 Å². The molecule has 0 bridgehead atoms. The first-order valence-corrected chi connectivity index (χ1v) is 9.32. The minimum absolute atomic E-state index is 0.514. The first-order chi connectivity index (χ1) is 10.3. The number of nitrogens with zero attached hydrogens (tertiary/aromatic N) is 1. The molecule has 1 aliphatic carbocycles. The summed E-state index contributed by atoms with van der Waals surface area (Å²) >= 11 is 10.1. The Balaban J connectivity index is 1.91. The lowest BCUT2D eigenvalue weighted by molar-refractivity contribution is 0.103. The molecule has 1 N–H and O–H groups in total. The predicted octanol–water partition coefficient (Wildman–Crippen LogP) is 4.63. The lowest BCUT2D eigenvalue weighted by Crippen LogP contribution is -2.47. The number of hydrogen-bond donors (Lipinski definition) is 1. The molecule has 21 heavy (non-hydrogen) atoms. The van der Waals surface area contributed by atoms with Crippen molar-refractivity contribution in [2.75, 3.05) is 26.2 Å². The summed E-state index contributed by atoms with van der Waals surface area (Å²) in [5, 5.41) is 4.32. The van der Waals surface area contributed by atoms with Crippen LogP contribution in [0.1, 0.15) is 43.7 Å². The Morgan fingerprint density at radius 2 is 1.86 bits per heavy atom. The van der Waals surface area contributed by atoms with Crippen LogP contribution in [-0.4, -0.2) is 31.1 Å². The highest BCUT2D eigenvalue weighted by Crippen LogP contribution is 2.41.